The molecule has 1 heterocycles. The van der Waals surface area contributed by atoms with Crippen molar-refractivity contribution in [3.05, 3.63) is 60.6 Å². The van der Waals surface area contributed by atoms with Crippen molar-refractivity contribution < 1.29 is 0 Å². The minimum atomic E-state index is -0.478. The SMILES string of the molecule is CCn1c(=N)c2c(N)c3c(=O)c4ccccc4c(=O)c3c(N)c2c1=O. The first-order valence-electron chi connectivity index (χ1n) is 7.74. The van der Waals surface area contributed by atoms with Crippen LogP contribution in [0.4, 0.5) is 11.4 Å². The normalized spacial score (nSPS) is 11.7. The zero-order chi connectivity index (χ0) is 18.0. The van der Waals surface area contributed by atoms with E-state index in [9.17, 15) is 14.4 Å². The number of nitrogens with zero attached hydrogens (tertiary/aromatic N) is 1. The van der Waals surface area contributed by atoms with Crippen LogP contribution in [0, 0.1) is 5.41 Å². The monoisotopic (exact) mass is 334 g/mol. The van der Waals surface area contributed by atoms with E-state index in [0.29, 0.717) is 0 Å². The summed E-state index contributed by atoms with van der Waals surface area (Å²) in [5.41, 5.74) is 10.7. The van der Waals surface area contributed by atoms with Crippen LogP contribution in [0.25, 0.3) is 32.3 Å². The van der Waals surface area contributed by atoms with Gasteiger partial charge in [0.2, 0.25) is 0 Å². The van der Waals surface area contributed by atoms with Gasteiger partial charge in [0.15, 0.2) is 10.9 Å². The summed E-state index contributed by atoms with van der Waals surface area (Å²) in [7, 11) is 0. The summed E-state index contributed by atoms with van der Waals surface area (Å²) in [4.78, 5) is 38.4. The maximum absolute atomic E-state index is 12.9. The molecule has 4 rings (SSSR count). The van der Waals surface area contributed by atoms with Gasteiger partial charge in [-0.05, 0) is 6.92 Å². The molecule has 25 heavy (non-hydrogen) atoms. The van der Waals surface area contributed by atoms with Crippen molar-refractivity contribution in [3.8, 4) is 0 Å². The van der Waals surface area contributed by atoms with Gasteiger partial charge in [-0.2, -0.15) is 0 Å². The second kappa shape index (κ2) is 4.76. The highest BCUT2D eigenvalue weighted by Gasteiger charge is 2.23. The molecule has 0 saturated heterocycles. The molecule has 0 spiro atoms. The highest BCUT2D eigenvalue weighted by molar-refractivity contribution is 6.20. The second-order valence-corrected chi connectivity index (χ2v) is 5.93. The minimum Gasteiger partial charge on any atom is -0.397 e. The molecule has 3 aromatic carbocycles. The average molecular weight is 334 g/mol. The van der Waals surface area contributed by atoms with Crippen LogP contribution < -0.4 is 33.4 Å². The molecule has 0 saturated carbocycles. The van der Waals surface area contributed by atoms with Crippen LogP contribution in [-0.2, 0) is 6.54 Å². The molecule has 7 heteroatoms. The van der Waals surface area contributed by atoms with Gasteiger partial charge in [0.05, 0.1) is 32.9 Å². The third kappa shape index (κ3) is 1.64. The third-order valence-corrected chi connectivity index (χ3v) is 4.73. The van der Waals surface area contributed by atoms with Gasteiger partial charge in [0.25, 0.3) is 5.56 Å². The number of nitrogen functional groups attached to an aromatic ring is 2. The molecule has 0 bridgehead atoms. The van der Waals surface area contributed by atoms with E-state index in [4.69, 9.17) is 16.9 Å². The number of anilines is 2. The van der Waals surface area contributed by atoms with Gasteiger partial charge in [0, 0.05) is 17.3 Å². The Labute approximate surface area is 139 Å². The smallest absolute Gasteiger partial charge is 0.262 e. The van der Waals surface area contributed by atoms with Crippen LogP contribution in [0.3, 0.4) is 0 Å². The van der Waals surface area contributed by atoms with Crippen molar-refractivity contribution in [2.45, 2.75) is 13.5 Å². The Bertz CT molecular complexity index is 1320. The molecule has 0 radical (unpaired) electrons. The Balaban J connectivity index is 2.51. The third-order valence-electron chi connectivity index (χ3n) is 4.73. The first-order chi connectivity index (χ1) is 11.9. The second-order valence-electron chi connectivity index (χ2n) is 5.93. The quantitative estimate of drug-likeness (QED) is 0.266. The molecular weight excluding hydrogens is 320 g/mol. The number of benzene rings is 3. The summed E-state index contributed by atoms with van der Waals surface area (Å²) in [6.07, 6.45) is 0. The van der Waals surface area contributed by atoms with Crippen LogP contribution in [0.1, 0.15) is 6.92 Å². The van der Waals surface area contributed by atoms with Crippen molar-refractivity contribution in [2.75, 3.05) is 11.5 Å². The van der Waals surface area contributed by atoms with Crippen molar-refractivity contribution in [1.82, 2.24) is 4.57 Å². The molecule has 0 aliphatic carbocycles. The first-order valence-corrected chi connectivity index (χ1v) is 7.74. The van der Waals surface area contributed by atoms with Crippen molar-refractivity contribution in [2.24, 2.45) is 0 Å². The molecule has 4 aromatic rings. The lowest BCUT2D eigenvalue weighted by Crippen LogP contribution is -2.24. The minimum absolute atomic E-state index is 0.0181. The van der Waals surface area contributed by atoms with Gasteiger partial charge < -0.3 is 11.5 Å². The number of nitrogens with two attached hydrogens (primary N) is 2. The van der Waals surface area contributed by atoms with E-state index in [-0.39, 0.29) is 55.7 Å². The molecule has 0 atom stereocenters. The largest absolute Gasteiger partial charge is 0.397 e. The molecule has 1 aromatic heterocycles. The lowest BCUT2D eigenvalue weighted by molar-refractivity contribution is 0.701. The van der Waals surface area contributed by atoms with Crippen LogP contribution >= 0.6 is 0 Å². The number of rotatable bonds is 1. The van der Waals surface area contributed by atoms with E-state index < -0.39 is 16.4 Å². The fraction of sp³-hybridized carbons (Fsp3) is 0.111. The first kappa shape index (κ1) is 15.1. The highest BCUT2D eigenvalue weighted by atomic mass is 16.1. The molecule has 0 aliphatic rings. The Morgan fingerprint density at radius 1 is 0.880 bits per heavy atom. The van der Waals surface area contributed by atoms with Crippen LogP contribution in [0.15, 0.2) is 38.6 Å². The average Bonchev–Trinajstić information content (AvgIpc) is 2.86. The summed E-state index contributed by atoms with van der Waals surface area (Å²) in [5, 5.41) is 8.79. The van der Waals surface area contributed by atoms with Gasteiger partial charge >= 0.3 is 0 Å². The molecule has 0 amide bonds. The van der Waals surface area contributed by atoms with Crippen molar-refractivity contribution in [1.29, 1.82) is 5.41 Å². The lowest BCUT2D eigenvalue weighted by atomic mass is 9.97. The molecule has 124 valence electrons. The van der Waals surface area contributed by atoms with E-state index in [1.165, 1.54) is 4.57 Å². The summed E-state index contributed by atoms with van der Waals surface area (Å²) in [6.45, 7) is 1.98. The topological polar surface area (TPSA) is 132 Å². The molecule has 7 nitrogen and oxygen atoms in total. The standard InChI is InChI=1S/C18H14N4O3/c1-2-22-17(21)11-12(18(22)25)14(20)10-9(13(11)19)15(23)7-5-3-4-6-8(7)16(10)24/h3-6,21H,2,19-20H2,1H3. The molecule has 5 N–H and O–H groups in total. The fourth-order valence-electron chi connectivity index (χ4n) is 3.55. The Morgan fingerprint density at radius 3 is 1.84 bits per heavy atom. The highest BCUT2D eigenvalue weighted by Crippen LogP contribution is 2.31. The van der Waals surface area contributed by atoms with E-state index >= 15 is 0 Å². The van der Waals surface area contributed by atoms with Crippen LogP contribution in [-0.4, -0.2) is 4.57 Å². The molecule has 0 unspecified atom stereocenters. The molecule has 0 fully saturated rings. The van der Waals surface area contributed by atoms with Gasteiger partial charge in [0.1, 0.15) is 5.49 Å². The Hall–Kier alpha value is -3.48. The Kier molecular flexibility index (Phi) is 2.87. The lowest BCUT2D eigenvalue weighted by Gasteiger charge is -2.08. The maximum Gasteiger partial charge on any atom is 0.262 e. The number of fused-ring (bicyclic) bond motifs is 3. The predicted molar refractivity (Wildman–Crippen MR) is 98.5 cm³/mol. The van der Waals surface area contributed by atoms with E-state index in [1.54, 1.807) is 31.2 Å². The summed E-state index contributed by atoms with van der Waals surface area (Å²) >= 11 is 0. The molecule has 0 aliphatic heterocycles. The van der Waals surface area contributed by atoms with E-state index in [2.05, 4.69) is 0 Å². The van der Waals surface area contributed by atoms with E-state index in [0.717, 1.165) is 0 Å². The summed E-state index contributed by atoms with van der Waals surface area (Å²) in [5.74, 6) is 0. The number of nitrogens with one attached hydrogen (secondary N) is 1. The summed E-state index contributed by atoms with van der Waals surface area (Å²) < 4.78 is 1.21. The van der Waals surface area contributed by atoms with Crippen LogP contribution in [0.2, 0.25) is 0 Å². The Morgan fingerprint density at radius 2 is 1.36 bits per heavy atom. The van der Waals surface area contributed by atoms with Crippen LogP contribution in [0.5, 0.6) is 0 Å². The fourth-order valence-corrected chi connectivity index (χ4v) is 3.55. The zero-order valence-electron chi connectivity index (χ0n) is 13.3. The number of hydrogen-bond donors (Lipinski definition) is 3. The maximum atomic E-state index is 12.9. The molecular formula is C18H14N4O3. The number of hydrogen-bond acceptors (Lipinski definition) is 6. The van der Waals surface area contributed by atoms with Gasteiger partial charge in [-0.3, -0.25) is 24.4 Å². The van der Waals surface area contributed by atoms with Crippen molar-refractivity contribution in [3.63, 3.8) is 0 Å². The van der Waals surface area contributed by atoms with Gasteiger partial charge in [-0.1, -0.05) is 24.3 Å². The van der Waals surface area contributed by atoms with Gasteiger partial charge in [-0.15, -0.1) is 0 Å². The van der Waals surface area contributed by atoms with Crippen molar-refractivity contribution >= 4 is 43.7 Å². The predicted octanol–water partition coefficient (Wildman–Crippen LogP) is 0.568. The zero-order valence-corrected chi connectivity index (χ0v) is 13.3. The summed E-state index contributed by atoms with van der Waals surface area (Å²) in [6, 6.07) is 6.41. The van der Waals surface area contributed by atoms with Gasteiger partial charge in [-0.25, -0.2) is 0 Å². The number of aromatic nitrogens is 1. The van der Waals surface area contributed by atoms with E-state index in [1.807, 2.05) is 0 Å².